The zero-order valence-corrected chi connectivity index (χ0v) is 18.3. The summed E-state index contributed by atoms with van der Waals surface area (Å²) in [5.41, 5.74) is 6.01. The standard InChI is InChI=1S/C20H34N4S.Cu/c1-4-6-8-12-16-24(17-13-9-7-5-2)20(25)23-22-18(3)19-14-10-11-15-21-19;/h10-11,14-15H,4-9,12-13,16-17H2,1-3H3,(H,21,23,25);/q;+2. The molecule has 0 bridgehead atoms. The van der Waals surface area contributed by atoms with Crippen LogP contribution in [-0.2, 0) is 29.3 Å². The summed E-state index contributed by atoms with van der Waals surface area (Å²) in [4.78, 5) is 6.57. The van der Waals surface area contributed by atoms with E-state index in [0.717, 1.165) is 24.5 Å². The minimum absolute atomic E-state index is 0. The van der Waals surface area contributed by atoms with Crippen molar-refractivity contribution in [2.45, 2.75) is 72.1 Å². The van der Waals surface area contributed by atoms with Crippen molar-refractivity contribution < 1.29 is 17.1 Å². The summed E-state index contributed by atoms with van der Waals surface area (Å²) in [7, 11) is 0. The van der Waals surface area contributed by atoms with Crippen LogP contribution < -0.4 is 0 Å². The predicted octanol–water partition coefficient (Wildman–Crippen LogP) is 5.01. The second-order valence-electron chi connectivity index (χ2n) is 6.41. The van der Waals surface area contributed by atoms with Gasteiger partial charge in [0.1, 0.15) is 0 Å². The number of pyridine rings is 1. The summed E-state index contributed by atoms with van der Waals surface area (Å²) in [5, 5.41) is 5.04. The monoisotopic (exact) mass is 425 g/mol. The SMILES string of the molecule is CCCCCCN(CCCCCC)C(=[SH+])[N-]N=C(C)c1ccccn1.[Cu+2]. The zero-order valence-electron chi connectivity index (χ0n) is 16.4. The molecule has 1 rings (SSSR count). The molecule has 0 saturated carbocycles. The molecule has 1 aromatic rings. The normalized spacial score (nSPS) is 11.3. The van der Waals surface area contributed by atoms with Gasteiger partial charge in [-0.25, -0.2) is 4.90 Å². The molecular weight excluding hydrogens is 392 g/mol. The number of thiol groups is 1. The van der Waals surface area contributed by atoms with Gasteiger partial charge in [0.25, 0.3) is 0 Å². The summed E-state index contributed by atoms with van der Waals surface area (Å²) in [6.45, 7) is 8.42. The Bertz CT molecular complexity index is 496. The van der Waals surface area contributed by atoms with E-state index in [4.69, 9.17) is 0 Å². The van der Waals surface area contributed by atoms with Gasteiger partial charge < -0.3 is 10.5 Å². The Kier molecular flexibility index (Phi) is 15.9. The number of unbranched alkanes of at least 4 members (excludes halogenated alkanes) is 6. The molecular formula is C20H34CuN4S+2. The molecule has 0 saturated heterocycles. The van der Waals surface area contributed by atoms with Crippen LogP contribution in [0.3, 0.4) is 0 Å². The van der Waals surface area contributed by atoms with Crippen LogP contribution in [-0.4, -0.2) is 33.8 Å². The average molecular weight is 426 g/mol. The molecule has 0 amide bonds. The van der Waals surface area contributed by atoms with E-state index in [9.17, 15) is 0 Å². The Hall–Kier alpha value is -0.811. The van der Waals surface area contributed by atoms with E-state index in [1.165, 1.54) is 51.4 Å². The van der Waals surface area contributed by atoms with Gasteiger partial charge in [-0.2, -0.15) is 0 Å². The molecule has 0 aliphatic rings. The van der Waals surface area contributed by atoms with Crippen LogP contribution in [0.25, 0.3) is 5.43 Å². The van der Waals surface area contributed by atoms with Crippen LogP contribution in [0.5, 0.6) is 0 Å². The maximum atomic E-state index is 4.61. The predicted molar refractivity (Wildman–Crippen MR) is 113 cm³/mol. The fraction of sp³-hybridized carbons (Fsp3) is 0.650. The minimum atomic E-state index is 0. The summed E-state index contributed by atoms with van der Waals surface area (Å²) >= 11 is 4.61. The first-order valence-electron chi connectivity index (χ1n) is 9.66. The molecule has 0 aromatic carbocycles. The largest absolute Gasteiger partial charge is 2.00 e. The van der Waals surface area contributed by atoms with Crippen molar-refractivity contribution in [2.75, 3.05) is 13.1 Å². The second-order valence-corrected chi connectivity index (χ2v) is 6.81. The first-order valence-corrected chi connectivity index (χ1v) is 10.1. The van der Waals surface area contributed by atoms with Crippen molar-refractivity contribution in [3.8, 4) is 0 Å². The first kappa shape index (κ1) is 25.2. The molecule has 6 heteroatoms. The number of rotatable bonds is 12. The van der Waals surface area contributed by atoms with Crippen LogP contribution in [0.1, 0.15) is 77.8 Å². The molecule has 1 radical (unpaired) electrons. The van der Waals surface area contributed by atoms with Gasteiger partial charge in [0.05, 0.1) is 5.69 Å². The van der Waals surface area contributed by atoms with Crippen LogP contribution in [0, 0.1) is 0 Å². The van der Waals surface area contributed by atoms with Gasteiger partial charge in [0, 0.05) is 25.0 Å². The molecule has 0 atom stereocenters. The Balaban J connectivity index is 0.00000625. The molecule has 149 valence electrons. The third-order valence-electron chi connectivity index (χ3n) is 4.17. The summed E-state index contributed by atoms with van der Waals surface area (Å²) < 4.78 is 0. The molecule has 1 heterocycles. The van der Waals surface area contributed by atoms with E-state index >= 15 is 0 Å². The van der Waals surface area contributed by atoms with Crippen molar-refractivity contribution in [3.63, 3.8) is 0 Å². The smallest absolute Gasteiger partial charge is 0.515 e. The molecule has 4 nitrogen and oxygen atoms in total. The number of nitrogens with zero attached hydrogens (tertiary/aromatic N) is 4. The molecule has 0 aliphatic heterocycles. The van der Waals surface area contributed by atoms with Crippen molar-refractivity contribution in [1.29, 1.82) is 0 Å². The summed E-state index contributed by atoms with van der Waals surface area (Å²) in [6, 6.07) is 5.80. The van der Waals surface area contributed by atoms with Crippen molar-refractivity contribution >= 4 is 23.0 Å². The van der Waals surface area contributed by atoms with Crippen molar-refractivity contribution in [2.24, 2.45) is 5.10 Å². The molecule has 0 unspecified atom stereocenters. The average Bonchev–Trinajstić information content (AvgIpc) is 2.65. The third-order valence-corrected chi connectivity index (χ3v) is 4.54. The Labute approximate surface area is 175 Å². The van der Waals surface area contributed by atoms with Gasteiger partial charge in [-0.05, 0) is 31.9 Å². The van der Waals surface area contributed by atoms with E-state index < -0.39 is 0 Å². The quantitative estimate of drug-likeness (QED) is 0.0898. The van der Waals surface area contributed by atoms with Crippen molar-refractivity contribution in [1.82, 2.24) is 9.88 Å². The van der Waals surface area contributed by atoms with E-state index in [1.54, 1.807) is 6.20 Å². The molecule has 1 aromatic heterocycles. The van der Waals surface area contributed by atoms with Crippen molar-refractivity contribution in [3.05, 3.63) is 35.5 Å². The van der Waals surface area contributed by atoms with E-state index in [1.807, 2.05) is 25.1 Å². The van der Waals surface area contributed by atoms with Gasteiger partial charge in [0.2, 0.25) is 0 Å². The maximum Gasteiger partial charge on any atom is 2.00 e. The molecule has 0 aliphatic carbocycles. The Morgan fingerprint density at radius 3 is 2.15 bits per heavy atom. The fourth-order valence-electron chi connectivity index (χ4n) is 2.58. The zero-order chi connectivity index (χ0) is 18.3. The van der Waals surface area contributed by atoms with Gasteiger partial charge >= 0.3 is 17.1 Å². The second kappa shape index (κ2) is 16.4. The molecule has 0 spiro atoms. The van der Waals surface area contributed by atoms with Crippen LogP contribution in [0.4, 0.5) is 0 Å². The topological polar surface area (TPSA) is 42.6 Å². The van der Waals surface area contributed by atoms with Gasteiger partial charge in [-0.15, -0.1) is 0 Å². The molecule has 0 N–H and O–H groups in total. The van der Waals surface area contributed by atoms with E-state index in [-0.39, 0.29) is 17.1 Å². The first-order chi connectivity index (χ1) is 12.2. The van der Waals surface area contributed by atoms with Gasteiger partial charge in [-0.3, -0.25) is 4.98 Å². The van der Waals surface area contributed by atoms with Crippen LogP contribution in [0.15, 0.2) is 29.5 Å². The maximum absolute atomic E-state index is 4.61. The van der Waals surface area contributed by atoms with Crippen LogP contribution >= 0.6 is 0 Å². The Morgan fingerprint density at radius 2 is 1.65 bits per heavy atom. The Morgan fingerprint density at radius 1 is 1.04 bits per heavy atom. The third kappa shape index (κ3) is 11.0. The summed E-state index contributed by atoms with van der Waals surface area (Å²) in [6.07, 6.45) is 11.8. The van der Waals surface area contributed by atoms with Crippen LogP contribution in [0.2, 0.25) is 0 Å². The van der Waals surface area contributed by atoms with Gasteiger partial charge in [0.15, 0.2) is 17.3 Å². The number of hydrogen-bond donors (Lipinski definition) is 0. The number of aromatic nitrogens is 1. The molecule has 0 fully saturated rings. The minimum Gasteiger partial charge on any atom is -0.515 e. The molecule has 26 heavy (non-hydrogen) atoms. The summed E-state index contributed by atoms with van der Waals surface area (Å²) in [5.74, 6) is 0. The number of hydrogen-bond acceptors (Lipinski definition) is 2. The van der Waals surface area contributed by atoms with E-state index in [2.05, 4.69) is 46.5 Å². The van der Waals surface area contributed by atoms with E-state index in [0.29, 0.717) is 5.11 Å². The van der Waals surface area contributed by atoms with Gasteiger partial charge in [-0.1, -0.05) is 58.4 Å². The fourth-order valence-corrected chi connectivity index (χ4v) is 2.83.